The highest BCUT2D eigenvalue weighted by molar-refractivity contribution is 5.96. The predicted molar refractivity (Wildman–Crippen MR) is 95.3 cm³/mol. The zero-order valence-corrected chi connectivity index (χ0v) is 14.6. The average Bonchev–Trinajstić information content (AvgIpc) is 3.16. The summed E-state index contributed by atoms with van der Waals surface area (Å²) in [6.45, 7) is 0.376. The first-order valence-electron chi connectivity index (χ1n) is 8.09. The SMILES string of the molecule is COc1ccc(-c2noc(CCNC(=O)c3ccccc3OC)n2)cc1. The molecule has 7 nitrogen and oxygen atoms in total. The van der Waals surface area contributed by atoms with Crippen LogP contribution in [0.15, 0.2) is 53.1 Å². The molecular formula is C19H19N3O4. The summed E-state index contributed by atoms with van der Waals surface area (Å²) in [5.74, 6) is 2.04. The van der Waals surface area contributed by atoms with Gasteiger partial charge in [0.15, 0.2) is 0 Å². The van der Waals surface area contributed by atoms with Gasteiger partial charge in [0.2, 0.25) is 11.7 Å². The Morgan fingerprint density at radius 1 is 1.08 bits per heavy atom. The summed E-state index contributed by atoms with van der Waals surface area (Å²) in [6.07, 6.45) is 0.435. The second-order valence-corrected chi connectivity index (χ2v) is 5.45. The van der Waals surface area contributed by atoms with Gasteiger partial charge in [-0.1, -0.05) is 17.3 Å². The first kappa shape index (κ1) is 17.5. The van der Waals surface area contributed by atoms with Crippen LogP contribution >= 0.6 is 0 Å². The van der Waals surface area contributed by atoms with Crippen molar-refractivity contribution in [1.29, 1.82) is 0 Å². The fraction of sp³-hybridized carbons (Fsp3) is 0.211. The molecule has 1 amide bonds. The number of amides is 1. The van der Waals surface area contributed by atoms with Crippen molar-refractivity contribution >= 4 is 5.91 Å². The van der Waals surface area contributed by atoms with Gasteiger partial charge in [-0.15, -0.1) is 0 Å². The molecular weight excluding hydrogens is 334 g/mol. The maximum atomic E-state index is 12.2. The first-order valence-corrected chi connectivity index (χ1v) is 8.09. The Kier molecular flexibility index (Phi) is 5.48. The Labute approximate surface area is 150 Å². The fourth-order valence-corrected chi connectivity index (χ4v) is 2.42. The van der Waals surface area contributed by atoms with Gasteiger partial charge in [0, 0.05) is 18.5 Å². The van der Waals surface area contributed by atoms with Gasteiger partial charge in [0.25, 0.3) is 5.91 Å². The zero-order chi connectivity index (χ0) is 18.4. The molecule has 0 bridgehead atoms. The minimum absolute atomic E-state index is 0.211. The molecule has 134 valence electrons. The fourth-order valence-electron chi connectivity index (χ4n) is 2.42. The van der Waals surface area contributed by atoms with Gasteiger partial charge in [0.1, 0.15) is 11.5 Å². The molecule has 0 fully saturated rings. The Hall–Kier alpha value is -3.35. The number of nitrogens with one attached hydrogen (secondary N) is 1. The number of ether oxygens (including phenoxy) is 2. The van der Waals surface area contributed by atoms with Crippen LogP contribution in [0.5, 0.6) is 11.5 Å². The van der Waals surface area contributed by atoms with Gasteiger partial charge in [0.05, 0.1) is 19.8 Å². The molecule has 3 aromatic rings. The van der Waals surface area contributed by atoms with Crippen LogP contribution in [0.3, 0.4) is 0 Å². The predicted octanol–water partition coefficient (Wildman–Crippen LogP) is 2.73. The Balaban J connectivity index is 1.57. The van der Waals surface area contributed by atoms with E-state index in [0.717, 1.165) is 11.3 Å². The van der Waals surface area contributed by atoms with Crippen molar-refractivity contribution in [1.82, 2.24) is 15.5 Å². The van der Waals surface area contributed by atoms with Gasteiger partial charge in [-0.2, -0.15) is 4.98 Å². The molecule has 1 aromatic heterocycles. The maximum Gasteiger partial charge on any atom is 0.255 e. The van der Waals surface area contributed by atoms with E-state index in [0.29, 0.717) is 36.0 Å². The number of benzene rings is 2. The standard InChI is InChI=1S/C19H19N3O4/c1-24-14-9-7-13(8-10-14)18-21-17(26-22-18)11-12-20-19(23)15-5-3-4-6-16(15)25-2/h3-10H,11-12H2,1-2H3,(H,20,23). The van der Waals surface area contributed by atoms with Crippen molar-refractivity contribution in [3.05, 3.63) is 60.0 Å². The zero-order valence-electron chi connectivity index (χ0n) is 14.6. The van der Waals surface area contributed by atoms with Crippen LogP contribution in [0, 0.1) is 0 Å². The average molecular weight is 353 g/mol. The second-order valence-electron chi connectivity index (χ2n) is 5.45. The van der Waals surface area contributed by atoms with E-state index in [1.54, 1.807) is 25.3 Å². The number of methoxy groups -OCH3 is 2. The second kappa shape index (κ2) is 8.15. The summed E-state index contributed by atoms with van der Waals surface area (Å²) in [6, 6.07) is 14.4. The molecule has 0 atom stereocenters. The van der Waals surface area contributed by atoms with Crippen LogP contribution in [0.2, 0.25) is 0 Å². The highest BCUT2D eigenvalue weighted by Crippen LogP contribution is 2.20. The number of para-hydroxylation sites is 1. The largest absolute Gasteiger partial charge is 0.497 e. The van der Waals surface area contributed by atoms with Crippen LogP contribution in [0.25, 0.3) is 11.4 Å². The smallest absolute Gasteiger partial charge is 0.255 e. The number of aromatic nitrogens is 2. The highest BCUT2D eigenvalue weighted by atomic mass is 16.5. The third-order valence-electron chi connectivity index (χ3n) is 3.79. The van der Waals surface area contributed by atoms with Gasteiger partial charge in [-0.3, -0.25) is 4.79 Å². The summed E-state index contributed by atoms with van der Waals surface area (Å²) in [5.41, 5.74) is 1.32. The first-order chi connectivity index (χ1) is 12.7. The minimum Gasteiger partial charge on any atom is -0.497 e. The van der Waals surface area contributed by atoms with Gasteiger partial charge in [-0.05, 0) is 36.4 Å². The lowest BCUT2D eigenvalue weighted by Gasteiger charge is -2.08. The molecule has 0 aliphatic heterocycles. The maximum absolute atomic E-state index is 12.2. The lowest BCUT2D eigenvalue weighted by atomic mass is 10.2. The summed E-state index contributed by atoms with van der Waals surface area (Å²) in [4.78, 5) is 16.6. The molecule has 26 heavy (non-hydrogen) atoms. The number of hydrogen-bond donors (Lipinski definition) is 1. The van der Waals surface area contributed by atoms with Crippen molar-refractivity contribution in [3.8, 4) is 22.9 Å². The number of hydrogen-bond acceptors (Lipinski definition) is 6. The van der Waals surface area contributed by atoms with E-state index in [9.17, 15) is 4.79 Å². The molecule has 0 saturated heterocycles. The summed E-state index contributed by atoms with van der Waals surface area (Å²) >= 11 is 0. The molecule has 1 N–H and O–H groups in total. The van der Waals surface area contributed by atoms with E-state index in [1.807, 2.05) is 30.3 Å². The highest BCUT2D eigenvalue weighted by Gasteiger charge is 2.12. The van der Waals surface area contributed by atoms with Crippen molar-refractivity contribution in [3.63, 3.8) is 0 Å². The van der Waals surface area contributed by atoms with Crippen molar-refractivity contribution in [2.24, 2.45) is 0 Å². The molecule has 0 radical (unpaired) electrons. The normalized spacial score (nSPS) is 10.4. The van der Waals surface area contributed by atoms with Crippen molar-refractivity contribution in [2.75, 3.05) is 20.8 Å². The van der Waals surface area contributed by atoms with Crippen LogP contribution < -0.4 is 14.8 Å². The molecule has 3 rings (SSSR count). The summed E-state index contributed by atoms with van der Waals surface area (Å²) in [7, 11) is 3.14. The minimum atomic E-state index is -0.211. The number of carbonyl (C=O) groups is 1. The van der Waals surface area contributed by atoms with Crippen molar-refractivity contribution in [2.45, 2.75) is 6.42 Å². The molecule has 0 unspecified atom stereocenters. The van der Waals surface area contributed by atoms with Crippen LogP contribution in [-0.2, 0) is 6.42 Å². The summed E-state index contributed by atoms with van der Waals surface area (Å²) < 4.78 is 15.6. The molecule has 0 aliphatic rings. The lowest BCUT2D eigenvalue weighted by Crippen LogP contribution is -2.26. The van der Waals surface area contributed by atoms with Gasteiger partial charge >= 0.3 is 0 Å². The van der Waals surface area contributed by atoms with E-state index in [1.165, 1.54) is 7.11 Å². The summed E-state index contributed by atoms with van der Waals surface area (Å²) in [5, 5.41) is 6.79. The Morgan fingerprint density at radius 2 is 1.85 bits per heavy atom. The van der Waals surface area contributed by atoms with Crippen LogP contribution in [-0.4, -0.2) is 36.8 Å². The molecule has 1 heterocycles. The number of nitrogens with zero attached hydrogens (tertiary/aromatic N) is 2. The van der Waals surface area contributed by atoms with Crippen molar-refractivity contribution < 1.29 is 18.8 Å². The quantitative estimate of drug-likeness (QED) is 0.703. The Bertz CT molecular complexity index is 875. The molecule has 2 aromatic carbocycles. The van der Waals surface area contributed by atoms with E-state index >= 15 is 0 Å². The topological polar surface area (TPSA) is 86.5 Å². The van der Waals surface area contributed by atoms with E-state index in [-0.39, 0.29) is 5.91 Å². The third-order valence-corrected chi connectivity index (χ3v) is 3.79. The van der Waals surface area contributed by atoms with Gasteiger partial charge in [-0.25, -0.2) is 0 Å². The number of carbonyl (C=O) groups excluding carboxylic acids is 1. The Morgan fingerprint density at radius 3 is 2.58 bits per heavy atom. The monoisotopic (exact) mass is 353 g/mol. The molecule has 0 spiro atoms. The van der Waals surface area contributed by atoms with E-state index < -0.39 is 0 Å². The van der Waals surface area contributed by atoms with E-state index in [4.69, 9.17) is 14.0 Å². The lowest BCUT2D eigenvalue weighted by molar-refractivity contribution is 0.0950. The molecule has 0 saturated carbocycles. The van der Waals surface area contributed by atoms with E-state index in [2.05, 4.69) is 15.5 Å². The third kappa shape index (κ3) is 4.00. The van der Waals surface area contributed by atoms with Crippen LogP contribution in [0.4, 0.5) is 0 Å². The van der Waals surface area contributed by atoms with Crippen LogP contribution in [0.1, 0.15) is 16.2 Å². The molecule has 0 aliphatic carbocycles. The molecule has 7 heteroatoms. The number of rotatable bonds is 7. The van der Waals surface area contributed by atoms with Gasteiger partial charge < -0.3 is 19.3 Å².